The Morgan fingerprint density at radius 1 is 1.38 bits per heavy atom. The second-order valence-electron chi connectivity index (χ2n) is 6.09. The number of aromatic nitrogens is 2. The minimum absolute atomic E-state index is 0.0713. The second kappa shape index (κ2) is 6.80. The van der Waals surface area contributed by atoms with Crippen molar-refractivity contribution < 1.29 is 9.90 Å². The molecule has 1 saturated carbocycles. The van der Waals surface area contributed by atoms with E-state index in [0.717, 1.165) is 23.7 Å². The largest absolute Gasteiger partial charge is 0.465 e. The molecular weight excluding hydrogens is 376 g/mol. The Balaban J connectivity index is 1.87. The van der Waals surface area contributed by atoms with Gasteiger partial charge in [-0.2, -0.15) is 0 Å². The maximum absolute atomic E-state index is 12.5. The molecule has 1 aliphatic carbocycles. The average Bonchev–Trinajstić information content (AvgIpc) is 2.53. The first-order chi connectivity index (χ1) is 11.5. The van der Waals surface area contributed by atoms with Crippen molar-refractivity contribution in [2.75, 3.05) is 5.32 Å². The third kappa shape index (κ3) is 3.38. The van der Waals surface area contributed by atoms with Crippen LogP contribution in [0.2, 0.25) is 0 Å². The van der Waals surface area contributed by atoms with Crippen LogP contribution in [0.3, 0.4) is 0 Å². The SMILES string of the molecule is Cn1c(N[C@@H]2CCC[C@H](NC(=O)O)C2)nc2c(Br)cccc2c1=O. The van der Waals surface area contributed by atoms with Gasteiger partial charge in [0, 0.05) is 23.6 Å². The number of hydrogen-bond acceptors (Lipinski definition) is 4. The first-order valence-corrected chi connectivity index (χ1v) is 8.66. The highest BCUT2D eigenvalue weighted by molar-refractivity contribution is 9.10. The van der Waals surface area contributed by atoms with Gasteiger partial charge in [-0.25, -0.2) is 9.78 Å². The lowest BCUT2D eigenvalue weighted by Crippen LogP contribution is -2.41. The number of hydrogen-bond donors (Lipinski definition) is 3. The quantitative estimate of drug-likeness (QED) is 0.743. The van der Waals surface area contributed by atoms with E-state index in [9.17, 15) is 9.59 Å². The summed E-state index contributed by atoms with van der Waals surface area (Å²) in [5.41, 5.74) is 0.513. The Bertz CT molecular complexity index is 836. The van der Waals surface area contributed by atoms with Crippen molar-refractivity contribution in [3.8, 4) is 0 Å². The van der Waals surface area contributed by atoms with Gasteiger partial charge in [0.15, 0.2) is 0 Å². The smallest absolute Gasteiger partial charge is 0.404 e. The normalized spacial score (nSPS) is 20.8. The van der Waals surface area contributed by atoms with E-state index in [2.05, 4.69) is 31.5 Å². The van der Waals surface area contributed by atoms with Gasteiger partial charge in [-0.1, -0.05) is 6.07 Å². The number of halogens is 1. The fraction of sp³-hybridized carbons (Fsp3) is 0.438. The summed E-state index contributed by atoms with van der Waals surface area (Å²) in [6, 6.07) is 5.43. The van der Waals surface area contributed by atoms with E-state index in [0.29, 0.717) is 23.3 Å². The predicted octanol–water partition coefficient (Wildman–Crippen LogP) is 2.69. The third-order valence-electron chi connectivity index (χ3n) is 4.39. The van der Waals surface area contributed by atoms with Gasteiger partial charge in [0.1, 0.15) is 0 Å². The molecule has 0 radical (unpaired) electrons. The molecule has 7 nitrogen and oxygen atoms in total. The molecule has 0 spiro atoms. The van der Waals surface area contributed by atoms with Crippen LogP contribution in [0.5, 0.6) is 0 Å². The van der Waals surface area contributed by atoms with Gasteiger partial charge in [-0.05, 0) is 53.7 Å². The average molecular weight is 395 g/mol. The minimum Gasteiger partial charge on any atom is -0.465 e. The topological polar surface area (TPSA) is 96.2 Å². The van der Waals surface area contributed by atoms with Crippen molar-refractivity contribution in [1.82, 2.24) is 14.9 Å². The number of benzene rings is 1. The van der Waals surface area contributed by atoms with Crippen LogP contribution in [0, 0.1) is 0 Å². The van der Waals surface area contributed by atoms with E-state index < -0.39 is 6.09 Å². The zero-order valence-corrected chi connectivity index (χ0v) is 14.8. The molecule has 1 amide bonds. The summed E-state index contributed by atoms with van der Waals surface area (Å²) in [7, 11) is 1.69. The Morgan fingerprint density at radius 3 is 2.88 bits per heavy atom. The Labute approximate surface area is 147 Å². The van der Waals surface area contributed by atoms with Gasteiger partial charge in [0.25, 0.3) is 5.56 Å². The van der Waals surface area contributed by atoms with Crippen LogP contribution in [0.4, 0.5) is 10.7 Å². The molecule has 0 unspecified atom stereocenters. The zero-order chi connectivity index (χ0) is 17.3. The number of nitrogens with one attached hydrogen (secondary N) is 2. The predicted molar refractivity (Wildman–Crippen MR) is 95.5 cm³/mol. The number of carbonyl (C=O) groups is 1. The molecule has 128 valence electrons. The highest BCUT2D eigenvalue weighted by Crippen LogP contribution is 2.24. The zero-order valence-electron chi connectivity index (χ0n) is 13.3. The molecule has 1 aromatic heterocycles. The minimum atomic E-state index is -0.999. The molecule has 1 aromatic carbocycles. The van der Waals surface area contributed by atoms with Crippen LogP contribution < -0.4 is 16.2 Å². The van der Waals surface area contributed by atoms with Crippen molar-refractivity contribution in [1.29, 1.82) is 0 Å². The summed E-state index contributed by atoms with van der Waals surface area (Å²) in [4.78, 5) is 27.9. The Morgan fingerprint density at radius 2 is 2.12 bits per heavy atom. The van der Waals surface area contributed by atoms with Crippen LogP contribution in [0.15, 0.2) is 27.5 Å². The fourth-order valence-corrected chi connectivity index (χ4v) is 3.65. The summed E-state index contributed by atoms with van der Waals surface area (Å²) in [5.74, 6) is 0.500. The van der Waals surface area contributed by atoms with Gasteiger partial charge in [-0.3, -0.25) is 9.36 Å². The molecule has 24 heavy (non-hydrogen) atoms. The van der Waals surface area contributed by atoms with Crippen molar-refractivity contribution in [2.45, 2.75) is 37.8 Å². The van der Waals surface area contributed by atoms with Crippen molar-refractivity contribution in [3.05, 3.63) is 33.0 Å². The summed E-state index contributed by atoms with van der Waals surface area (Å²) in [6.07, 6.45) is 2.35. The molecular formula is C16H19BrN4O3. The molecule has 1 heterocycles. The van der Waals surface area contributed by atoms with Crippen molar-refractivity contribution in [2.24, 2.45) is 7.05 Å². The van der Waals surface area contributed by atoms with Gasteiger partial charge >= 0.3 is 6.09 Å². The van der Waals surface area contributed by atoms with Gasteiger partial charge in [0.2, 0.25) is 5.95 Å². The lowest BCUT2D eigenvalue weighted by Gasteiger charge is -2.30. The second-order valence-corrected chi connectivity index (χ2v) is 6.94. The number of fused-ring (bicyclic) bond motifs is 1. The van der Waals surface area contributed by atoms with E-state index in [1.165, 1.54) is 4.57 Å². The van der Waals surface area contributed by atoms with Crippen LogP contribution in [-0.4, -0.2) is 32.8 Å². The van der Waals surface area contributed by atoms with Gasteiger partial charge in [0.05, 0.1) is 10.9 Å². The highest BCUT2D eigenvalue weighted by atomic mass is 79.9. The third-order valence-corrected chi connectivity index (χ3v) is 5.03. The van der Waals surface area contributed by atoms with E-state index >= 15 is 0 Å². The first kappa shape index (κ1) is 16.8. The van der Waals surface area contributed by atoms with Crippen LogP contribution >= 0.6 is 15.9 Å². The van der Waals surface area contributed by atoms with E-state index in [-0.39, 0.29) is 17.6 Å². The highest BCUT2D eigenvalue weighted by Gasteiger charge is 2.24. The van der Waals surface area contributed by atoms with Crippen molar-refractivity contribution in [3.63, 3.8) is 0 Å². The molecule has 1 fully saturated rings. The fourth-order valence-electron chi connectivity index (χ4n) is 3.20. The van der Waals surface area contributed by atoms with Gasteiger partial charge in [-0.15, -0.1) is 0 Å². The summed E-state index contributed by atoms with van der Waals surface area (Å²) in [5, 5.41) is 15.3. The monoisotopic (exact) mass is 394 g/mol. The number of para-hydroxylation sites is 1. The molecule has 0 bridgehead atoms. The van der Waals surface area contributed by atoms with Gasteiger partial charge < -0.3 is 15.7 Å². The summed E-state index contributed by atoms with van der Waals surface area (Å²) >= 11 is 3.44. The number of rotatable bonds is 3. The van der Waals surface area contributed by atoms with E-state index in [1.807, 2.05) is 12.1 Å². The van der Waals surface area contributed by atoms with Crippen LogP contribution in [0.25, 0.3) is 10.9 Å². The lowest BCUT2D eigenvalue weighted by atomic mass is 9.91. The summed E-state index contributed by atoms with van der Waals surface area (Å²) in [6.45, 7) is 0. The molecule has 8 heteroatoms. The first-order valence-electron chi connectivity index (χ1n) is 7.87. The molecule has 1 aliphatic rings. The number of amides is 1. The van der Waals surface area contributed by atoms with Crippen molar-refractivity contribution >= 4 is 38.9 Å². The maximum atomic E-state index is 12.5. The van der Waals surface area contributed by atoms with E-state index in [1.54, 1.807) is 13.1 Å². The maximum Gasteiger partial charge on any atom is 0.404 e. The molecule has 0 saturated heterocycles. The van der Waals surface area contributed by atoms with Crippen LogP contribution in [-0.2, 0) is 7.05 Å². The standard InChI is InChI=1S/C16H19BrN4O3/c1-21-14(22)11-6-3-7-12(17)13(11)20-15(21)18-9-4-2-5-10(8-9)19-16(23)24/h3,6-7,9-10,19H,2,4-5,8H2,1H3,(H,18,20)(H,23,24)/t9-,10+/m1/s1. The lowest BCUT2D eigenvalue weighted by molar-refractivity contribution is 0.185. The summed E-state index contributed by atoms with van der Waals surface area (Å²) < 4.78 is 2.28. The number of anilines is 1. The van der Waals surface area contributed by atoms with E-state index in [4.69, 9.17) is 5.11 Å². The molecule has 2 atom stereocenters. The Kier molecular flexibility index (Phi) is 4.75. The molecule has 2 aromatic rings. The molecule has 0 aliphatic heterocycles. The Hall–Kier alpha value is -2.09. The molecule has 3 rings (SSSR count). The number of carboxylic acid groups (broad SMARTS) is 1. The number of nitrogens with zero attached hydrogens (tertiary/aromatic N) is 2. The molecule has 3 N–H and O–H groups in total. The van der Waals surface area contributed by atoms with Crippen LogP contribution in [0.1, 0.15) is 25.7 Å².